The summed E-state index contributed by atoms with van der Waals surface area (Å²) in [6.45, 7) is -1.78. The van der Waals surface area contributed by atoms with Gasteiger partial charge in [0.2, 0.25) is 11.8 Å². The molecule has 0 aliphatic heterocycles. The van der Waals surface area contributed by atoms with Crippen LogP contribution in [0.15, 0.2) is 0 Å². The van der Waals surface area contributed by atoms with Gasteiger partial charge in [0, 0.05) is 19.3 Å². The van der Waals surface area contributed by atoms with Crippen LogP contribution >= 0.6 is 11.6 Å². The molecule has 0 rings (SSSR count). The fourth-order valence-corrected chi connectivity index (χ4v) is 1.10. The average Bonchev–Trinajstić information content (AvgIpc) is 2.22. The Hall–Kier alpha value is -0.980. The third-order valence-electron chi connectivity index (χ3n) is 1.82. The van der Waals surface area contributed by atoms with Gasteiger partial charge in [-0.1, -0.05) is 0 Å². The molecule has 0 unspecified atom stereocenters. The minimum Gasteiger partial charge on any atom is -0.345 e. The second-order valence-corrected chi connectivity index (χ2v) is 3.81. The maximum Gasteiger partial charge on any atom is 0.405 e. The van der Waals surface area contributed by atoms with Crippen molar-refractivity contribution in [2.75, 3.05) is 26.0 Å². The molecule has 0 spiro atoms. The fourth-order valence-electron chi connectivity index (χ4n) is 0.967. The summed E-state index contributed by atoms with van der Waals surface area (Å²) in [5.41, 5.74) is 0. The van der Waals surface area contributed by atoms with Crippen LogP contribution < -0.4 is 5.32 Å². The number of hydrogen-bond acceptors (Lipinski definition) is 2. The van der Waals surface area contributed by atoms with E-state index in [0.29, 0.717) is 12.3 Å². The van der Waals surface area contributed by atoms with Crippen LogP contribution in [0.2, 0.25) is 0 Å². The molecule has 0 aromatic heterocycles. The smallest absolute Gasteiger partial charge is 0.345 e. The van der Waals surface area contributed by atoms with E-state index in [0.717, 1.165) is 4.90 Å². The van der Waals surface area contributed by atoms with E-state index in [1.54, 1.807) is 5.32 Å². The van der Waals surface area contributed by atoms with Crippen molar-refractivity contribution >= 4 is 23.4 Å². The molecule has 0 atom stereocenters. The molecule has 4 nitrogen and oxygen atoms in total. The van der Waals surface area contributed by atoms with Gasteiger partial charge < -0.3 is 10.2 Å². The first-order valence-electron chi connectivity index (χ1n) is 4.89. The number of nitrogens with zero attached hydrogens (tertiary/aromatic N) is 1. The highest BCUT2D eigenvalue weighted by atomic mass is 35.5. The van der Waals surface area contributed by atoms with Crippen molar-refractivity contribution in [1.82, 2.24) is 10.2 Å². The molecule has 0 saturated carbocycles. The Morgan fingerprint density at radius 1 is 1.35 bits per heavy atom. The maximum absolute atomic E-state index is 11.8. The van der Waals surface area contributed by atoms with Crippen LogP contribution in [-0.2, 0) is 9.59 Å². The van der Waals surface area contributed by atoms with Gasteiger partial charge in [-0.25, -0.2) is 0 Å². The van der Waals surface area contributed by atoms with Crippen molar-refractivity contribution in [1.29, 1.82) is 0 Å². The van der Waals surface area contributed by atoms with Crippen LogP contribution in [-0.4, -0.2) is 48.9 Å². The Morgan fingerprint density at radius 2 is 1.94 bits per heavy atom. The monoisotopic (exact) mass is 274 g/mol. The summed E-state index contributed by atoms with van der Waals surface area (Å²) in [5.74, 6) is -0.850. The van der Waals surface area contributed by atoms with Crippen molar-refractivity contribution in [2.24, 2.45) is 0 Å². The van der Waals surface area contributed by atoms with Gasteiger partial charge >= 0.3 is 6.18 Å². The third-order valence-corrected chi connectivity index (χ3v) is 2.08. The Labute approximate surface area is 102 Å². The molecule has 1 N–H and O–H groups in total. The lowest BCUT2D eigenvalue weighted by Crippen LogP contribution is -2.41. The number of likely N-dealkylation sites (N-methyl/N-ethyl adjacent to an activating group) is 1. The first-order valence-corrected chi connectivity index (χ1v) is 5.43. The summed E-state index contributed by atoms with van der Waals surface area (Å²) in [7, 11) is 1.35. The average molecular weight is 275 g/mol. The Kier molecular flexibility index (Phi) is 6.94. The van der Waals surface area contributed by atoms with E-state index in [1.807, 2.05) is 0 Å². The Balaban J connectivity index is 3.91. The summed E-state index contributed by atoms with van der Waals surface area (Å²) in [5, 5.41) is 1.68. The van der Waals surface area contributed by atoms with Crippen LogP contribution in [0.25, 0.3) is 0 Å². The number of carbonyl (C=O) groups excluding carboxylic acids is 2. The van der Waals surface area contributed by atoms with Crippen molar-refractivity contribution in [2.45, 2.75) is 19.0 Å². The van der Waals surface area contributed by atoms with Gasteiger partial charge in [0.1, 0.15) is 6.54 Å². The quantitative estimate of drug-likeness (QED) is 0.739. The summed E-state index contributed by atoms with van der Waals surface area (Å²) in [6, 6.07) is 0. The fraction of sp³-hybridized carbons (Fsp3) is 0.778. The van der Waals surface area contributed by atoms with E-state index in [1.165, 1.54) is 7.05 Å². The summed E-state index contributed by atoms with van der Waals surface area (Å²) < 4.78 is 35.3. The van der Waals surface area contributed by atoms with Crippen molar-refractivity contribution in [3.05, 3.63) is 0 Å². The molecule has 0 aromatic rings. The van der Waals surface area contributed by atoms with Crippen LogP contribution in [0.5, 0.6) is 0 Å². The zero-order valence-electron chi connectivity index (χ0n) is 9.31. The number of carbonyl (C=O) groups is 2. The maximum atomic E-state index is 11.8. The number of amides is 2. The van der Waals surface area contributed by atoms with Gasteiger partial charge in [0.15, 0.2) is 0 Å². The Bertz CT molecular complexity index is 271. The van der Waals surface area contributed by atoms with Gasteiger partial charge in [0.05, 0.1) is 6.54 Å². The van der Waals surface area contributed by atoms with Gasteiger partial charge in [-0.05, 0) is 6.42 Å². The third kappa shape index (κ3) is 8.79. The molecule has 0 fully saturated rings. The normalized spacial score (nSPS) is 11.1. The molecular formula is C9H14ClF3N2O2. The molecule has 17 heavy (non-hydrogen) atoms. The number of rotatable bonds is 6. The zero-order valence-corrected chi connectivity index (χ0v) is 10.1. The molecule has 8 heteroatoms. The van der Waals surface area contributed by atoms with E-state index in [2.05, 4.69) is 0 Å². The van der Waals surface area contributed by atoms with Crippen LogP contribution in [0, 0.1) is 0 Å². The molecule has 0 radical (unpaired) electrons. The van der Waals surface area contributed by atoms with Crippen LogP contribution in [0.1, 0.15) is 12.8 Å². The first kappa shape index (κ1) is 16.0. The van der Waals surface area contributed by atoms with E-state index < -0.39 is 25.2 Å². The highest BCUT2D eigenvalue weighted by molar-refractivity contribution is 6.17. The standard InChI is InChI=1S/C9H14ClF3N2O2/c1-15(8(17)3-2-4-10)5-7(16)14-6-9(11,12)13/h2-6H2,1H3,(H,14,16). The van der Waals surface area contributed by atoms with Gasteiger partial charge in [-0.2, -0.15) is 13.2 Å². The molecule has 0 aromatic carbocycles. The predicted molar refractivity (Wildman–Crippen MR) is 56.7 cm³/mol. The largest absolute Gasteiger partial charge is 0.405 e. The number of hydrogen-bond donors (Lipinski definition) is 1. The highest BCUT2D eigenvalue weighted by Gasteiger charge is 2.27. The lowest BCUT2D eigenvalue weighted by atomic mass is 10.3. The van der Waals surface area contributed by atoms with E-state index in [4.69, 9.17) is 11.6 Å². The molecule has 100 valence electrons. The molecule has 0 aliphatic rings. The first-order chi connectivity index (χ1) is 7.76. The summed E-state index contributed by atoms with van der Waals surface area (Å²) in [4.78, 5) is 23.4. The zero-order chi connectivity index (χ0) is 13.5. The SMILES string of the molecule is CN(CC(=O)NCC(F)(F)F)C(=O)CCCCl. The van der Waals surface area contributed by atoms with Crippen molar-refractivity contribution < 1.29 is 22.8 Å². The second-order valence-electron chi connectivity index (χ2n) is 3.43. The molecular weight excluding hydrogens is 261 g/mol. The topological polar surface area (TPSA) is 49.4 Å². The molecule has 0 saturated heterocycles. The minimum absolute atomic E-state index is 0.173. The number of alkyl halides is 4. The minimum atomic E-state index is -4.45. The van der Waals surface area contributed by atoms with Crippen molar-refractivity contribution in [3.8, 4) is 0 Å². The van der Waals surface area contributed by atoms with Gasteiger partial charge in [-0.3, -0.25) is 9.59 Å². The predicted octanol–water partition coefficient (Wildman–Crippen LogP) is 1.14. The van der Waals surface area contributed by atoms with E-state index in [9.17, 15) is 22.8 Å². The van der Waals surface area contributed by atoms with Crippen LogP contribution in [0.4, 0.5) is 13.2 Å². The molecule has 0 aliphatic carbocycles. The molecule has 0 bridgehead atoms. The van der Waals surface area contributed by atoms with Gasteiger partial charge in [-0.15, -0.1) is 11.6 Å². The van der Waals surface area contributed by atoms with Crippen molar-refractivity contribution in [3.63, 3.8) is 0 Å². The highest BCUT2D eigenvalue weighted by Crippen LogP contribution is 2.11. The van der Waals surface area contributed by atoms with E-state index in [-0.39, 0.29) is 12.3 Å². The van der Waals surface area contributed by atoms with E-state index >= 15 is 0 Å². The van der Waals surface area contributed by atoms with Gasteiger partial charge in [0.25, 0.3) is 0 Å². The molecule has 0 heterocycles. The lowest BCUT2D eigenvalue weighted by molar-refractivity contribution is -0.141. The summed E-state index contributed by atoms with van der Waals surface area (Å²) >= 11 is 5.38. The number of nitrogens with one attached hydrogen (secondary N) is 1. The summed E-state index contributed by atoms with van der Waals surface area (Å²) in [6.07, 6.45) is -3.81. The second kappa shape index (κ2) is 7.37. The molecule has 2 amide bonds. The lowest BCUT2D eigenvalue weighted by Gasteiger charge is -2.17. The Morgan fingerprint density at radius 3 is 2.41 bits per heavy atom. The van der Waals surface area contributed by atoms with Crippen LogP contribution in [0.3, 0.4) is 0 Å². The number of halogens is 4.